The van der Waals surface area contributed by atoms with Crippen molar-refractivity contribution < 1.29 is 33.7 Å². The van der Waals surface area contributed by atoms with Crippen LogP contribution in [-0.2, 0) is 14.2 Å². The van der Waals surface area contributed by atoms with Crippen LogP contribution in [-0.4, -0.2) is 62.6 Å². The van der Waals surface area contributed by atoms with Crippen molar-refractivity contribution in [1.29, 1.82) is 0 Å². The van der Waals surface area contributed by atoms with Gasteiger partial charge in [-0.2, -0.15) is 0 Å². The molecule has 1 amide bonds. The minimum absolute atomic E-state index is 0.258. The van der Waals surface area contributed by atoms with Crippen molar-refractivity contribution in [2.45, 2.75) is 24.5 Å². The third kappa shape index (κ3) is 4.73. The van der Waals surface area contributed by atoms with Crippen LogP contribution >= 0.6 is 0 Å². The lowest BCUT2D eigenvalue weighted by molar-refractivity contribution is -0.0641. The summed E-state index contributed by atoms with van der Waals surface area (Å²) in [6, 6.07) is 16.4. The molecular formula is C22H20N4O7. The number of aliphatic hydroxyl groups is 1. The second-order valence-corrected chi connectivity index (χ2v) is 7.13. The normalized spacial score (nSPS) is 22.0. The predicted molar refractivity (Wildman–Crippen MR) is 111 cm³/mol. The Morgan fingerprint density at radius 1 is 0.939 bits per heavy atom. The molecule has 170 valence electrons. The summed E-state index contributed by atoms with van der Waals surface area (Å²) in [5.41, 5.74) is 5.74. The van der Waals surface area contributed by atoms with Crippen LogP contribution in [0.25, 0.3) is 0 Å². The number of primary amides is 1. The van der Waals surface area contributed by atoms with Gasteiger partial charge in [-0.15, -0.1) is 5.10 Å². The van der Waals surface area contributed by atoms with Crippen LogP contribution in [0.3, 0.4) is 0 Å². The number of rotatable bonds is 7. The summed E-state index contributed by atoms with van der Waals surface area (Å²) in [7, 11) is 0. The van der Waals surface area contributed by atoms with E-state index in [0.717, 1.165) is 4.68 Å². The summed E-state index contributed by atoms with van der Waals surface area (Å²) >= 11 is 0. The van der Waals surface area contributed by atoms with E-state index in [2.05, 4.69) is 10.1 Å². The monoisotopic (exact) mass is 452 g/mol. The van der Waals surface area contributed by atoms with Crippen LogP contribution in [0.2, 0.25) is 0 Å². The zero-order chi connectivity index (χ0) is 23.4. The van der Waals surface area contributed by atoms with Gasteiger partial charge in [0, 0.05) is 0 Å². The second kappa shape index (κ2) is 9.59. The lowest BCUT2D eigenvalue weighted by Gasteiger charge is -2.24. The minimum Gasteiger partial charge on any atom is -0.452 e. The maximum atomic E-state index is 12.8. The number of benzene rings is 2. The SMILES string of the molecule is NC(=O)c1ncn([C@@H]2O[C@H](CO)[C@@H](OC(=O)c3ccccc3)C2OC(=O)c2ccccc2)n1. The van der Waals surface area contributed by atoms with Gasteiger partial charge in [0.1, 0.15) is 12.4 Å². The number of esters is 2. The molecular weight excluding hydrogens is 432 g/mol. The molecule has 1 unspecified atom stereocenters. The van der Waals surface area contributed by atoms with E-state index in [9.17, 15) is 19.5 Å². The van der Waals surface area contributed by atoms with Crippen LogP contribution < -0.4 is 5.73 Å². The zero-order valence-corrected chi connectivity index (χ0v) is 17.2. The summed E-state index contributed by atoms with van der Waals surface area (Å²) in [5.74, 6) is -2.54. The van der Waals surface area contributed by atoms with E-state index in [0.29, 0.717) is 0 Å². The highest BCUT2D eigenvalue weighted by atomic mass is 16.6. The molecule has 0 spiro atoms. The fraction of sp³-hybridized carbons (Fsp3) is 0.227. The number of aromatic nitrogens is 3. The highest BCUT2D eigenvalue weighted by Crippen LogP contribution is 2.34. The average molecular weight is 452 g/mol. The largest absolute Gasteiger partial charge is 0.452 e. The summed E-state index contributed by atoms with van der Waals surface area (Å²) in [6.07, 6.45) is -3.42. The van der Waals surface area contributed by atoms with Crippen LogP contribution in [0, 0.1) is 0 Å². The number of carbonyl (C=O) groups excluding carboxylic acids is 3. The second-order valence-electron chi connectivity index (χ2n) is 7.13. The van der Waals surface area contributed by atoms with Crippen molar-refractivity contribution in [3.8, 4) is 0 Å². The Kier molecular flexibility index (Phi) is 6.43. The van der Waals surface area contributed by atoms with Crippen molar-refractivity contribution in [1.82, 2.24) is 14.8 Å². The smallest absolute Gasteiger partial charge is 0.338 e. The van der Waals surface area contributed by atoms with Gasteiger partial charge in [-0.3, -0.25) is 4.79 Å². The molecule has 1 aromatic heterocycles. The Labute approximate surface area is 187 Å². The number of hydrogen-bond acceptors (Lipinski definition) is 9. The Morgan fingerprint density at radius 2 is 1.48 bits per heavy atom. The number of aliphatic hydroxyl groups excluding tert-OH is 1. The highest BCUT2D eigenvalue weighted by molar-refractivity contribution is 5.90. The number of hydrogen-bond donors (Lipinski definition) is 2. The fourth-order valence-corrected chi connectivity index (χ4v) is 3.38. The lowest BCUT2D eigenvalue weighted by Crippen LogP contribution is -2.40. The van der Waals surface area contributed by atoms with Crippen LogP contribution in [0.5, 0.6) is 0 Å². The van der Waals surface area contributed by atoms with Crippen molar-refractivity contribution in [2.24, 2.45) is 5.73 Å². The molecule has 2 aromatic carbocycles. The van der Waals surface area contributed by atoms with E-state index in [4.69, 9.17) is 19.9 Å². The van der Waals surface area contributed by atoms with Crippen molar-refractivity contribution in [3.05, 3.63) is 83.9 Å². The van der Waals surface area contributed by atoms with Crippen LogP contribution in [0.15, 0.2) is 67.0 Å². The number of nitrogens with two attached hydrogens (primary N) is 1. The van der Waals surface area contributed by atoms with Gasteiger partial charge in [0.25, 0.3) is 5.91 Å². The molecule has 0 bridgehead atoms. The van der Waals surface area contributed by atoms with E-state index in [1.54, 1.807) is 60.7 Å². The number of nitrogens with zero attached hydrogens (tertiary/aromatic N) is 3. The van der Waals surface area contributed by atoms with Gasteiger partial charge in [0.15, 0.2) is 18.4 Å². The average Bonchev–Trinajstić information content (AvgIpc) is 3.46. The van der Waals surface area contributed by atoms with Crippen LogP contribution in [0.1, 0.15) is 37.6 Å². The van der Waals surface area contributed by atoms with Gasteiger partial charge in [0.2, 0.25) is 5.82 Å². The standard InChI is InChI=1S/C22H20N4O7/c23-18(28)19-24-12-26(25-19)20-17(33-22(30)14-9-5-2-6-10-14)16(15(11-27)31-20)32-21(29)13-7-3-1-4-8-13/h1-10,12,15-17,20,27H,11H2,(H2,23,28)/t15-,16-,17?,20-/m1/s1. The third-order valence-corrected chi connectivity index (χ3v) is 4.96. The molecule has 0 aliphatic carbocycles. The zero-order valence-electron chi connectivity index (χ0n) is 17.2. The molecule has 2 heterocycles. The lowest BCUT2D eigenvalue weighted by atomic mass is 10.1. The summed E-state index contributed by atoms with van der Waals surface area (Å²) in [4.78, 5) is 40.7. The fourth-order valence-electron chi connectivity index (χ4n) is 3.38. The molecule has 33 heavy (non-hydrogen) atoms. The Bertz CT molecular complexity index is 1140. The molecule has 0 radical (unpaired) electrons. The summed E-state index contributed by atoms with van der Waals surface area (Å²) < 4.78 is 18.2. The topological polar surface area (TPSA) is 156 Å². The van der Waals surface area contributed by atoms with E-state index in [-0.39, 0.29) is 17.0 Å². The first kappa shape index (κ1) is 22.1. The number of carbonyl (C=O) groups is 3. The minimum atomic E-state index is -1.22. The summed E-state index contributed by atoms with van der Waals surface area (Å²) in [5, 5.41) is 13.8. The van der Waals surface area contributed by atoms with Crippen molar-refractivity contribution in [3.63, 3.8) is 0 Å². The third-order valence-electron chi connectivity index (χ3n) is 4.96. The molecule has 11 heteroatoms. The molecule has 1 fully saturated rings. The van der Waals surface area contributed by atoms with Gasteiger partial charge in [-0.05, 0) is 24.3 Å². The van der Waals surface area contributed by atoms with E-state index in [1.165, 1.54) is 6.33 Å². The van der Waals surface area contributed by atoms with E-state index in [1.807, 2.05) is 0 Å². The molecule has 11 nitrogen and oxygen atoms in total. The van der Waals surface area contributed by atoms with Gasteiger partial charge in [0.05, 0.1) is 17.7 Å². The number of amides is 1. The Balaban J connectivity index is 1.65. The molecule has 1 saturated heterocycles. The predicted octanol–water partition coefficient (Wildman–Crippen LogP) is 0.718. The first-order valence-electron chi connectivity index (χ1n) is 9.97. The van der Waals surface area contributed by atoms with Gasteiger partial charge >= 0.3 is 11.9 Å². The maximum absolute atomic E-state index is 12.8. The first-order valence-corrected chi connectivity index (χ1v) is 9.97. The molecule has 0 saturated carbocycles. The molecule has 4 rings (SSSR count). The summed E-state index contributed by atoms with van der Waals surface area (Å²) in [6.45, 7) is -0.542. The van der Waals surface area contributed by atoms with Crippen molar-refractivity contribution >= 4 is 17.8 Å². The van der Waals surface area contributed by atoms with Crippen LogP contribution in [0.4, 0.5) is 0 Å². The highest BCUT2D eigenvalue weighted by Gasteiger charge is 2.51. The van der Waals surface area contributed by atoms with Gasteiger partial charge in [-0.1, -0.05) is 36.4 Å². The Morgan fingerprint density at radius 3 is 1.97 bits per heavy atom. The molecule has 1 aliphatic heterocycles. The van der Waals surface area contributed by atoms with Crippen molar-refractivity contribution in [2.75, 3.05) is 6.61 Å². The number of ether oxygens (including phenoxy) is 3. The van der Waals surface area contributed by atoms with Gasteiger partial charge in [-0.25, -0.2) is 19.3 Å². The first-order chi connectivity index (χ1) is 16.0. The molecule has 4 atom stereocenters. The molecule has 3 N–H and O–H groups in total. The van der Waals surface area contributed by atoms with E-state index >= 15 is 0 Å². The van der Waals surface area contributed by atoms with Gasteiger partial charge < -0.3 is 25.1 Å². The molecule has 3 aromatic rings. The quantitative estimate of drug-likeness (QED) is 0.493. The molecule has 1 aliphatic rings. The Hall–Kier alpha value is -4.09. The van der Waals surface area contributed by atoms with E-state index < -0.39 is 49.0 Å². The maximum Gasteiger partial charge on any atom is 0.338 e.